The van der Waals surface area contributed by atoms with Crippen LogP contribution in [0.3, 0.4) is 0 Å². The Balaban J connectivity index is 2.20. The quantitative estimate of drug-likeness (QED) is 0.488. The number of allylic oxidation sites excluding steroid dienone is 4. The lowest BCUT2D eigenvalue weighted by molar-refractivity contribution is -0.140. The standard InChI is InChI=1S/C24H27Cl2FN2O3/c1-13(6-5-7-15(26)12-27)19-20(21(30)31)29-18(11-23(2,3)4)24(19)16-9-8-14(25)10-17(16)28-22(24)32/h5-10,18-20,29H,1,11-12H2,2-4H3,(H,28,32)(H,30,31)/b6-5-,15-7+/t18-,19-,20+,24+/m0/s1. The maximum atomic E-state index is 13.6. The molecule has 3 N–H and O–H groups in total. The number of carbonyl (C=O) groups is 2. The van der Waals surface area contributed by atoms with E-state index in [0.717, 1.165) is 0 Å². The van der Waals surface area contributed by atoms with Crippen molar-refractivity contribution < 1.29 is 19.1 Å². The van der Waals surface area contributed by atoms with Crippen LogP contribution in [-0.2, 0) is 15.0 Å². The second-order valence-corrected chi connectivity index (χ2v) is 10.4. The molecule has 0 aliphatic carbocycles. The molecular formula is C24H27Cl2FN2O3. The SMILES string of the molecule is C=C(/C=C\C=C(\Cl)CF)[C@H]1[C@H](C(=O)O)N[C@@H](CC(C)(C)C)[C@@]12C(=O)Nc1cc(Cl)ccc12. The van der Waals surface area contributed by atoms with Gasteiger partial charge in [0.05, 0.1) is 0 Å². The van der Waals surface area contributed by atoms with Crippen molar-refractivity contribution in [2.24, 2.45) is 11.3 Å². The normalized spacial score (nSPS) is 27.8. The summed E-state index contributed by atoms with van der Waals surface area (Å²) in [5.74, 6) is -2.16. The predicted molar refractivity (Wildman–Crippen MR) is 126 cm³/mol. The summed E-state index contributed by atoms with van der Waals surface area (Å²) in [5, 5.41) is 16.7. The number of nitrogens with one attached hydrogen (secondary N) is 2. The van der Waals surface area contributed by atoms with E-state index in [1.807, 2.05) is 20.8 Å². The van der Waals surface area contributed by atoms with E-state index >= 15 is 0 Å². The topological polar surface area (TPSA) is 78.4 Å². The van der Waals surface area contributed by atoms with E-state index in [1.165, 1.54) is 12.2 Å². The number of amides is 1. The summed E-state index contributed by atoms with van der Waals surface area (Å²) in [7, 11) is 0. The molecule has 2 aliphatic rings. The summed E-state index contributed by atoms with van der Waals surface area (Å²) in [6.07, 6.45) is 5.03. The molecule has 32 heavy (non-hydrogen) atoms. The first-order chi connectivity index (χ1) is 14.9. The number of carboxylic acids is 1. The molecule has 2 aliphatic heterocycles. The zero-order chi connectivity index (χ0) is 23.8. The fourth-order valence-electron chi connectivity index (χ4n) is 4.88. The zero-order valence-corrected chi connectivity index (χ0v) is 19.7. The number of halogens is 3. The number of carboxylic acid groups (broad SMARTS) is 1. The average Bonchev–Trinajstić information content (AvgIpc) is 3.16. The molecule has 1 fully saturated rings. The van der Waals surface area contributed by atoms with Crippen molar-refractivity contribution in [2.75, 3.05) is 12.0 Å². The molecule has 0 unspecified atom stereocenters. The molecule has 0 radical (unpaired) electrons. The Hall–Kier alpha value is -2.15. The Labute approximate surface area is 197 Å². The summed E-state index contributed by atoms with van der Waals surface area (Å²) in [6.45, 7) is 9.42. The van der Waals surface area contributed by atoms with Crippen LogP contribution >= 0.6 is 23.2 Å². The predicted octanol–water partition coefficient (Wildman–Crippen LogP) is 5.21. The minimum absolute atomic E-state index is 0.00676. The summed E-state index contributed by atoms with van der Waals surface area (Å²) in [4.78, 5) is 25.9. The molecular weight excluding hydrogens is 454 g/mol. The molecule has 1 amide bonds. The second-order valence-electron chi connectivity index (χ2n) is 9.47. The van der Waals surface area contributed by atoms with E-state index in [1.54, 1.807) is 24.3 Å². The third kappa shape index (κ3) is 4.36. The van der Waals surface area contributed by atoms with Crippen LogP contribution in [-0.4, -0.2) is 35.7 Å². The van der Waals surface area contributed by atoms with Gasteiger partial charge in [-0.15, -0.1) is 0 Å². The highest BCUT2D eigenvalue weighted by Crippen LogP contribution is 2.55. The van der Waals surface area contributed by atoms with E-state index in [2.05, 4.69) is 17.2 Å². The molecule has 1 aromatic rings. The van der Waals surface area contributed by atoms with E-state index in [9.17, 15) is 19.1 Å². The third-order valence-corrected chi connectivity index (χ3v) is 6.46. The molecule has 172 valence electrons. The summed E-state index contributed by atoms with van der Waals surface area (Å²) in [6, 6.07) is 3.63. The fourth-order valence-corrected chi connectivity index (χ4v) is 5.13. The van der Waals surface area contributed by atoms with Gasteiger partial charge in [-0.1, -0.05) is 68.8 Å². The Morgan fingerprint density at radius 1 is 1.38 bits per heavy atom. The molecule has 3 rings (SSSR count). The second kappa shape index (κ2) is 9.00. The van der Waals surface area contributed by atoms with Crippen LogP contribution in [0.5, 0.6) is 0 Å². The van der Waals surface area contributed by atoms with Gasteiger partial charge in [-0.25, -0.2) is 4.39 Å². The number of carbonyl (C=O) groups excluding carboxylic acids is 1. The van der Waals surface area contributed by atoms with Gasteiger partial charge >= 0.3 is 5.97 Å². The number of fused-ring (bicyclic) bond motifs is 2. The summed E-state index contributed by atoms with van der Waals surface area (Å²) < 4.78 is 12.7. The maximum absolute atomic E-state index is 13.6. The number of anilines is 1. The average molecular weight is 481 g/mol. The van der Waals surface area contributed by atoms with Gasteiger partial charge in [0.25, 0.3) is 0 Å². The van der Waals surface area contributed by atoms with Crippen LogP contribution in [0.4, 0.5) is 10.1 Å². The van der Waals surface area contributed by atoms with Gasteiger partial charge < -0.3 is 10.4 Å². The van der Waals surface area contributed by atoms with Crippen molar-refractivity contribution in [2.45, 2.75) is 44.7 Å². The lowest BCUT2D eigenvalue weighted by Gasteiger charge is -2.37. The maximum Gasteiger partial charge on any atom is 0.321 e. The van der Waals surface area contributed by atoms with Crippen molar-refractivity contribution in [1.29, 1.82) is 0 Å². The fraction of sp³-hybridized carbons (Fsp3) is 0.417. The van der Waals surface area contributed by atoms with Gasteiger partial charge in [-0.05, 0) is 41.2 Å². The molecule has 0 saturated carbocycles. The number of rotatable bonds is 6. The van der Waals surface area contributed by atoms with E-state index in [-0.39, 0.29) is 16.4 Å². The third-order valence-electron chi connectivity index (χ3n) is 6.00. The summed E-state index contributed by atoms with van der Waals surface area (Å²) in [5.41, 5.74) is 0.294. The largest absolute Gasteiger partial charge is 0.480 e. The van der Waals surface area contributed by atoms with Crippen LogP contribution in [0.2, 0.25) is 5.02 Å². The van der Waals surface area contributed by atoms with Gasteiger partial charge in [0.15, 0.2) is 0 Å². The Bertz CT molecular complexity index is 1010. The van der Waals surface area contributed by atoms with E-state index < -0.39 is 36.1 Å². The lowest BCUT2D eigenvalue weighted by atomic mass is 9.62. The van der Waals surface area contributed by atoms with Crippen molar-refractivity contribution in [3.8, 4) is 0 Å². The van der Waals surface area contributed by atoms with Crippen LogP contribution in [0, 0.1) is 11.3 Å². The summed E-state index contributed by atoms with van der Waals surface area (Å²) >= 11 is 11.9. The molecule has 8 heteroatoms. The Morgan fingerprint density at radius 3 is 2.66 bits per heavy atom. The monoisotopic (exact) mass is 480 g/mol. The number of alkyl halides is 1. The van der Waals surface area contributed by atoms with Crippen LogP contribution in [0.1, 0.15) is 32.8 Å². The first kappa shape index (κ1) is 24.5. The highest BCUT2D eigenvalue weighted by Gasteiger charge is 2.65. The van der Waals surface area contributed by atoms with E-state index in [4.69, 9.17) is 23.2 Å². The van der Waals surface area contributed by atoms with Gasteiger partial charge in [0, 0.05) is 27.7 Å². The smallest absolute Gasteiger partial charge is 0.321 e. The van der Waals surface area contributed by atoms with Gasteiger partial charge in [-0.3, -0.25) is 14.9 Å². The zero-order valence-electron chi connectivity index (χ0n) is 18.2. The lowest BCUT2D eigenvalue weighted by Crippen LogP contribution is -2.50. The first-order valence-corrected chi connectivity index (χ1v) is 11.0. The number of aliphatic carboxylic acids is 1. The molecule has 4 atom stereocenters. The number of hydrogen-bond donors (Lipinski definition) is 3. The van der Waals surface area contributed by atoms with Crippen molar-refractivity contribution in [3.05, 3.63) is 64.2 Å². The molecule has 1 aromatic carbocycles. The van der Waals surface area contributed by atoms with Crippen LogP contribution in [0.15, 0.2) is 53.6 Å². The minimum Gasteiger partial charge on any atom is -0.480 e. The molecule has 1 saturated heterocycles. The molecule has 1 spiro atoms. The minimum atomic E-state index is -1.20. The van der Waals surface area contributed by atoms with Gasteiger partial charge in [-0.2, -0.15) is 0 Å². The van der Waals surface area contributed by atoms with Crippen molar-refractivity contribution in [1.82, 2.24) is 5.32 Å². The molecule has 0 aromatic heterocycles. The van der Waals surface area contributed by atoms with Crippen molar-refractivity contribution in [3.63, 3.8) is 0 Å². The van der Waals surface area contributed by atoms with E-state index in [0.29, 0.717) is 28.3 Å². The molecule has 0 bridgehead atoms. The first-order valence-electron chi connectivity index (χ1n) is 10.3. The molecule has 5 nitrogen and oxygen atoms in total. The Morgan fingerprint density at radius 2 is 2.06 bits per heavy atom. The molecule has 2 heterocycles. The Kier molecular flexibility index (Phi) is 6.89. The van der Waals surface area contributed by atoms with Gasteiger partial charge in [0.2, 0.25) is 5.91 Å². The van der Waals surface area contributed by atoms with Crippen molar-refractivity contribution >= 4 is 40.8 Å². The number of benzene rings is 1. The van der Waals surface area contributed by atoms with Gasteiger partial charge in [0.1, 0.15) is 18.1 Å². The van der Waals surface area contributed by atoms with Crippen LogP contribution < -0.4 is 10.6 Å². The highest BCUT2D eigenvalue weighted by atomic mass is 35.5. The van der Waals surface area contributed by atoms with Crippen LogP contribution in [0.25, 0.3) is 0 Å². The highest BCUT2D eigenvalue weighted by molar-refractivity contribution is 6.31. The number of hydrogen-bond acceptors (Lipinski definition) is 3.